The van der Waals surface area contributed by atoms with Crippen LogP contribution >= 0.6 is 12.2 Å². The molecule has 1 rings (SSSR count). The lowest BCUT2D eigenvalue weighted by Crippen LogP contribution is -2.31. The van der Waals surface area contributed by atoms with Crippen LogP contribution in [0, 0.1) is 5.92 Å². The number of anilines is 1. The van der Waals surface area contributed by atoms with Crippen LogP contribution in [0.5, 0.6) is 0 Å². The van der Waals surface area contributed by atoms with Crippen LogP contribution in [0.2, 0.25) is 0 Å². The molecule has 0 unspecified atom stereocenters. The maximum atomic E-state index is 11.0. The molecule has 3 N–H and O–H groups in total. The number of carboxylic acids is 1. The van der Waals surface area contributed by atoms with Crippen molar-refractivity contribution in [2.24, 2.45) is 13.0 Å². The van der Waals surface area contributed by atoms with E-state index in [2.05, 4.69) is 29.6 Å². The first kappa shape index (κ1) is 13.4. The van der Waals surface area contributed by atoms with E-state index in [4.69, 9.17) is 17.3 Å². The van der Waals surface area contributed by atoms with Gasteiger partial charge in [0, 0.05) is 13.6 Å². The minimum atomic E-state index is -1.04. The molecule has 6 nitrogen and oxygen atoms in total. The summed E-state index contributed by atoms with van der Waals surface area (Å²) in [5.74, 6) is -0.582. The van der Waals surface area contributed by atoms with Gasteiger partial charge in [-0.05, 0) is 18.1 Å². The molecule has 7 heteroatoms. The largest absolute Gasteiger partial charge is 0.476 e. The summed E-state index contributed by atoms with van der Waals surface area (Å²) in [6.45, 7) is 4.85. The highest BCUT2D eigenvalue weighted by atomic mass is 32.1. The fourth-order valence-electron chi connectivity index (χ4n) is 1.25. The summed E-state index contributed by atoms with van der Waals surface area (Å²) in [6.07, 6.45) is 1.44. The van der Waals surface area contributed by atoms with Crippen molar-refractivity contribution in [3.63, 3.8) is 0 Å². The van der Waals surface area contributed by atoms with E-state index >= 15 is 0 Å². The van der Waals surface area contributed by atoms with Crippen LogP contribution in [-0.4, -0.2) is 32.5 Å². The molecule has 0 aromatic carbocycles. The Morgan fingerprint density at radius 2 is 2.29 bits per heavy atom. The number of aryl methyl sites for hydroxylation is 1. The van der Waals surface area contributed by atoms with Crippen molar-refractivity contribution in [2.45, 2.75) is 13.8 Å². The van der Waals surface area contributed by atoms with E-state index in [1.807, 2.05) is 0 Å². The van der Waals surface area contributed by atoms with Crippen LogP contribution in [0.15, 0.2) is 6.20 Å². The Labute approximate surface area is 105 Å². The number of carboxylic acid groups (broad SMARTS) is 1. The van der Waals surface area contributed by atoms with Crippen molar-refractivity contribution in [1.82, 2.24) is 15.1 Å². The number of carbonyl (C=O) groups is 1. The third-order valence-electron chi connectivity index (χ3n) is 2.06. The summed E-state index contributed by atoms with van der Waals surface area (Å²) in [5.41, 5.74) is 0.472. The maximum Gasteiger partial charge on any atom is 0.356 e. The predicted molar refractivity (Wildman–Crippen MR) is 69.2 cm³/mol. The Kier molecular flexibility index (Phi) is 4.45. The van der Waals surface area contributed by atoms with E-state index in [0.29, 0.717) is 16.7 Å². The highest BCUT2D eigenvalue weighted by Gasteiger charge is 2.16. The zero-order valence-corrected chi connectivity index (χ0v) is 10.8. The molecule has 1 aromatic rings. The Balaban J connectivity index is 2.69. The molecule has 0 bridgehead atoms. The van der Waals surface area contributed by atoms with Crippen molar-refractivity contribution in [2.75, 3.05) is 11.9 Å². The second kappa shape index (κ2) is 5.62. The van der Waals surface area contributed by atoms with Gasteiger partial charge in [-0.2, -0.15) is 5.10 Å². The molecule has 0 amide bonds. The van der Waals surface area contributed by atoms with Gasteiger partial charge < -0.3 is 15.7 Å². The van der Waals surface area contributed by atoms with E-state index in [1.54, 1.807) is 7.05 Å². The van der Waals surface area contributed by atoms with E-state index in [-0.39, 0.29) is 5.69 Å². The quantitative estimate of drug-likeness (QED) is 0.699. The lowest BCUT2D eigenvalue weighted by molar-refractivity contribution is 0.0686. The third kappa shape index (κ3) is 3.70. The van der Waals surface area contributed by atoms with Gasteiger partial charge in [-0.15, -0.1) is 0 Å². The molecular formula is C10H16N4O2S. The van der Waals surface area contributed by atoms with Gasteiger partial charge in [0.2, 0.25) is 0 Å². The van der Waals surface area contributed by atoms with Gasteiger partial charge in [-0.3, -0.25) is 4.68 Å². The second-order valence-corrected chi connectivity index (χ2v) is 4.47. The molecule has 0 saturated heterocycles. The normalized spacial score (nSPS) is 10.4. The van der Waals surface area contributed by atoms with Crippen molar-refractivity contribution < 1.29 is 9.90 Å². The summed E-state index contributed by atoms with van der Waals surface area (Å²) in [5, 5.41) is 19.1. The monoisotopic (exact) mass is 256 g/mol. The average Bonchev–Trinajstić information content (AvgIpc) is 2.56. The van der Waals surface area contributed by atoms with Crippen LogP contribution in [-0.2, 0) is 7.05 Å². The van der Waals surface area contributed by atoms with Gasteiger partial charge in [-0.25, -0.2) is 4.79 Å². The molecule has 0 fully saturated rings. The van der Waals surface area contributed by atoms with E-state index < -0.39 is 5.97 Å². The summed E-state index contributed by atoms with van der Waals surface area (Å²) in [4.78, 5) is 11.0. The Morgan fingerprint density at radius 3 is 2.82 bits per heavy atom. The van der Waals surface area contributed by atoms with Crippen molar-refractivity contribution >= 4 is 29.0 Å². The fourth-order valence-corrected chi connectivity index (χ4v) is 1.44. The van der Waals surface area contributed by atoms with Gasteiger partial charge in [-0.1, -0.05) is 13.8 Å². The van der Waals surface area contributed by atoms with E-state index in [0.717, 1.165) is 6.54 Å². The molecular weight excluding hydrogens is 240 g/mol. The fraction of sp³-hybridized carbons (Fsp3) is 0.500. The van der Waals surface area contributed by atoms with Gasteiger partial charge >= 0.3 is 5.97 Å². The first-order valence-corrected chi connectivity index (χ1v) is 5.62. The van der Waals surface area contributed by atoms with Gasteiger partial charge in [0.25, 0.3) is 0 Å². The summed E-state index contributed by atoms with van der Waals surface area (Å²) < 4.78 is 1.29. The molecule has 17 heavy (non-hydrogen) atoms. The van der Waals surface area contributed by atoms with Crippen molar-refractivity contribution in [3.05, 3.63) is 11.9 Å². The SMILES string of the molecule is CC(C)CNC(=S)Nc1cnn(C)c1C(=O)O. The first-order valence-electron chi connectivity index (χ1n) is 5.22. The molecule has 1 heterocycles. The molecule has 0 radical (unpaired) electrons. The Morgan fingerprint density at radius 1 is 1.65 bits per heavy atom. The standard InChI is InChI=1S/C10H16N4O2S/c1-6(2)4-11-10(17)13-7-5-12-14(3)8(7)9(15)16/h5-6H,4H2,1-3H3,(H,15,16)(H2,11,13,17). The van der Waals surface area contributed by atoms with Crippen molar-refractivity contribution in [1.29, 1.82) is 0 Å². The number of hydrogen-bond donors (Lipinski definition) is 3. The average molecular weight is 256 g/mol. The van der Waals surface area contributed by atoms with E-state index in [1.165, 1.54) is 10.9 Å². The van der Waals surface area contributed by atoms with Gasteiger partial charge in [0.05, 0.1) is 11.9 Å². The number of rotatable bonds is 4. The highest BCUT2D eigenvalue weighted by Crippen LogP contribution is 2.13. The zero-order valence-electron chi connectivity index (χ0n) is 10.0. The topological polar surface area (TPSA) is 79.2 Å². The van der Waals surface area contributed by atoms with Crippen LogP contribution < -0.4 is 10.6 Å². The summed E-state index contributed by atoms with van der Waals surface area (Å²) in [7, 11) is 1.57. The van der Waals surface area contributed by atoms with Crippen LogP contribution in [0.3, 0.4) is 0 Å². The van der Waals surface area contributed by atoms with Gasteiger partial charge in [0.1, 0.15) is 0 Å². The van der Waals surface area contributed by atoms with Crippen LogP contribution in [0.4, 0.5) is 5.69 Å². The number of aromatic nitrogens is 2. The summed E-state index contributed by atoms with van der Waals surface area (Å²) in [6, 6.07) is 0. The zero-order chi connectivity index (χ0) is 13.0. The van der Waals surface area contributed by atoms with Gasteiger partial charge in [0.15, 0.2) is 10.8 Å². The number of nitrogens with zero attached hydrogens (tertiary/aromatic N) is 2. The minimum Gasteiger partial charge on any atom is -0.476 e. The Bertz CT molecular complexity index is 428. The molecule has 0 saturated carbocycles. The first-order chi connectivity index (χ1) is 7.91. The number of thiocarbonyl (C=S) groups is 1. The smallest absolute Gasteiger partial charge is 0.356 e. The van der Waals surface area contributed by atoms with Crippen LogP contribution in [0.1, 0.15) is 24.3 Å². The molecule has 0 spiro atoms. The number of aromatic carboxylic acids is 1. The molecule has 94 valence electrons. The van der Waals surface area contributed by atoms with E-state index in [9.17, 15) is 4.79 Å². The third-order valence-corrected chi connectivity index (χ3v) is 2.31. The number of hydrogen-bond acceptors (Lipinski definition) is 3. The second-order valence-electron chi connectivity index (χ2n) is 4.06. The highest BCUT2D eigenvalue weighted by molar-refractivity contribution is 7.80. The Hall–Kier alpha value is -1.63. The van der Waals surface area contributed by atoms with Crippen LogP contribution in [0.25, 0.3) is 0 Å². The predicted octanol–water partition coefficient (Wildman–Crippen LogP) is 1.06. The lowest BCUT2D eigenvalue weighted by atomic mass is 10.2. The molecule has 0 atom stereocenters. The molecule has 0 aliphatic rings. The summed E-state index contributed by atoms with van der Waals surface area (Å²) >= 11 is 5.06. The lowest BCUT2D eigenvalue weighted by Gasteiger charge is -2.11. The maximum absolute atomic E-state index is 11.0. The molecule has 1 aromatic heterocycles. The minimum absolute atomic E-state index is 0.0821. The van der Waals surface area contributed by atoms with Crippen molar-refractivity contribution in [3.8, 4) is 0 Å². The molecule has 0 aliphatic carbocycles. The molecule has 0 aliphatic heterocycles. The number of nitrogens with one attached hydrogen (secondary N) is 2.